The maximum absolute atomic E-state index is 8.82. The van der Waals surface area contributed by atoms with Crippen LogP contribution in [0.1, 0.15) is 16.8 Å². The number of ether oxygens (including phenoxy) is 1. The molecule has 5 nitrogen and oxygen atoms in total. The number of nitrogens with two attached hydrogens (primary N) is 1. The minimum absolute atomic E-state index is 0.0415. The van der Waals surface area contributed by atoms with E-state index in [4.69, 9.17) is 15.7 Å². The molecule has 1 heterocycles. The van der Waals surface area contributed by atoms with Crippen LogP contribution >= 0.6 is 15.9 Å². The summed E-state index contributed by atoms with van der Waals surface area (Å²) in [5.41, 5.74) is 7.82. The summed E-state index contributed by atoms with van der Waals surface area (Å²) in [4.78, 5) is 4.30. The van der Waals surface area contributed by atoms with Crippen molar-refractivity contribution in [1.82, 2.24) is 4.98 Å². The Hall–Kier alpha value is -2.08. The summed E-state index contributed by atoms with van der Waals surface area (Å²) in [5.74, 6) is 0.922. The number of benzene rings is 1. The molecule has 0 aliphatic carbocycles. The molecule has 2 aromatic rings. The van der Waals surface area contributed by atoms with Crippen LogP contribution in [0.3, 0.4) is 0 Å². The highest BCUT2D eigenvalue weighted by Gasteiger charge is 2.13. The third-order valence-corrected chi connectivity index (χ3v) is 3.23. The van der Waals surface area contributed by atoms with Gasteiger partial charge in [0, 0.05) is 10.2 Å². The molecule has 20 heavy (non-hydrogen) atoms. The topological polar surface area (TPSA) is 80.7 Å². The summed E-state index contributed by atoms with van der Waals surface area (Å²) in [6, 6.07) is 9.18. The van der Waals surface area contributed by atoms with Gasteiger partial charge in [0.15, 0.2) is 5.84 Å². The van der Waals surface area contributed by atoms with Crippen molar-refractivity contribution in [3.8, 4) is 11.6 Å². The first-order valence-corrected chi connectivity index (χ1v) is 6.70. The molecule has 0 aliphatic heterocycles. The number of pyridine rings is 1. The number of nitrogens with zero attached hydrogens (tertiary/aromatic N) is 2. The standard InChI is InChI=1S/C14H14BrN3O2/c1-8-3-5-10(15)7-12(8)20-14-11(13(16)18-19)6-4-9(2)17-14/h3-7,19H,1-2H3,(H2,16,18). The van der Waals surface area contributed by atoms with Gasteiger partial charge in [-0.2, -0.15) is 0 Å². The van der Waals surface area contributed by atoms with Gasteiger partial charge in [-0.3, -0.25) is 0 Å². The molecule has 0 atom stereocenters. The van der Waals surface area contributed by atoms with E-state index in [2.05, 4.69) is 26.1 Å². The zero-order valence-electron chi connectivity index (χ0n) is 11.1. The Morgan fingerprint density at radius 2 is 2.05 bits per heavy atom. The second-order valence-electron chi connectivity index (χ2n) is 4.30. The zero-order valence-corrected chi connectivity index (χ0v) is 12.7. The molecule has 6 heteroatoms. The summed E-state index contributed by atoms with van der Waals surface area (Å²) in [6.07, 6.45) is 0. The third-order valence-electron chi connectivity index (χ3n) is 2.74. The number of amidine groups is 1. The number of hydrogen-bond acceptors (Lipinski definition) is 4. The van der Waals surface area contributed by atoms with Crippen molar-refractivity contribution in [1.29, 1.82) is 0 Å². The highest BCUT2D eigenvalue weighted by atomic mass is 79.9. The second kappa shape index (κ2) is 5.92. The van der Waals surface area contributed by atoms with Gasteiger partial charge in [-0.05, 0) is 43.7 Å². The van der Waals surface area contributed by atoms with Gasteiger partial charge in [0.1, 0.15) is 5.75 Å². The minimum atomic E-state index is -0.0415. The first-order valence-electron chi connectivity index (χ1n) is 5.91. The molecule has 3 N–H and O–H groups in total. The summed E-state index contributed by atoms with van der Waals surface area (Å²) in [5, 5.41) is 11.8. The van der Waals surface area contributed by atoms with Crippen LogP contribution in [-0.4, -0.2) is 16.0 Å². The van der Waals surface area contributed by atoms with Crippen molar-refractivity contribution in [3.05, 3.63) is 51.6 Å². The van der Waals surface area contributed by atoms with Crippen molar-refractivity contribution in [2.75, 3.05) is 0 Å². The van der Waals surface area contributed by atoms with E-state index < -0.39 is 0 Å². The molecule has 0 saturated heterocycles. The number of aromatic nitrogens is 1. The van der Waals surface area contributed by atoms with E-state index in [-0.39, 0.29) is 5.84 Å². The van der Waals surface area contributed by atoms with Gasteiger partial charge in [0.05, 0.1) is 5.56 Å². The molecule has 0 bridgehead atoms. The highest BCUT2D eigenvalue weighted by Crippen LogP contribution is 2.29. The minimum Gasteiger partial charge on any atom is -0.438 e. The van der Waals surface area contributed by atoms with Gasteiger partial charge >= 0.3 is 0 Å². The van der Waals surface area contributed by atoms with Crippen molar-refractivity contribution >= 4 is 21.8 Å². The number of aryl methyl sites for hydroxylation is 2. The van der Waals surface area contributed by atoms with Gasteiger partial charge in [-0.1, -0.05) is 27.2 Å². The Labute approximate surface area is 125 Å². The summed E-state index contributed by atoms with van der Waals surface area (Å²) < 4.78 is 6.71. The maximum atomic E-state index is 8.82. The van der Waals surface area contributed by atoms with Gasteiger partial charge in [0.25, 0.3) is 0 Å². The number of hydrogen-bond donors (Lipinski definition) is 2. The van der Waals surface area contributed by atoms with Gasteiger partial charge < -0.3 is 15.7 Å². The van der Waals surface area contributed by atoms with Crippen LogP contribution in [0.4, 0.5) is 0 Å². The lowest BCUT2D eigenvalue weighted by Crippen LogP contribution is -2.15. The van der Waals surface area contributed by atoms with E-state index in [1.807, 2.05) is 32.0 Å². The Kier molecular flexibility index (Phi) is 4.24. The smallest absolute Gasteiger partial charge is 0.230 e. The average molecular weight is 336 g/mol. The summed E-state index contributed by atoms with van der Waals surface area (Å²) >= 11 is 3.40. The van der Waals surface area contributed by atoms with Gasteiger partial charge in [-0.25, -0.2) is 4.98 Å². The summed E-state index contributed by atoms with van der Waals surface area (Å²) in [6.45, 7) is 3.78. The van der Waals surface area contributed by atoms with E-state index in [9.17, 15) is 0 Å². The average Bonchev–Trinajstić information content (AvgIpc) is 2.42. The van der Waals surface area contributed by atoms with Crippen LogP contribution in [0, 0.1) is 13.8 Å². The lowest BCUT2D eigenvalue weighted by Gasteiger charge is -2.12. The molecule has 0 aliphatic rings. The maximum Gasteiger partial charge on any atom is 0.230 e. The lowest BCUT2D eigenvalue weighted by atomic mass is 10.2. The molecule has 0 fully saturated rings. The fourth-order valence-electron chi connectivity index (χ4n) is 1.65. The highest BCUT2D eigenvalue weighted by molar-refractivity contribution is 9.10. The van der Waals surface area contributed by atoms with Crippen molar-refractivity contribution in [3.63, 3.8) is 0 Å². The first-order chi connectivity index (χ1) is 9.51. The quantitative estimate of drug-likeness (QED) is 0.390. The molecule has 0 saturated carbocycles. The van der Waals surface area contributed by atoms with Crippen molar-refractivity contribution in [2.24, 2.45) is 10.9 Å². The number of oxime groups is 1. The van der Waals surface area contributed by atoms with Crippen LogP contribution in [0.2, 0.25) is 0 Å². The van der Waals surface area contributed by atoms with Crippen LogP contribution in [0.15, 0.2) is 40.0 Å². The molecule has 0 amide bonds. The fourth-order valence-corrected chi connectivity index (χ4v) is 1.99. The predicted molar refractivity (Wildman–Crippen MR) is 80.4 cm³/mol. The third kappa shape index (κ3) is 3.08. The molecular formula is C14H14BrN3O2. The molecular weight excluding hydrogens is 322 g/mol. The molecule has 1 aromatic heterocycles. The van der Waals surface area contributed by atoms with Crippen LogP contribution in [0.25, 0.3) is 0 Å². The Morgan fingerprint density at radius 3 is 2.75 bits per heavy atom. The molecule has 0 unspecified atom stereocenters. The molecule has 0 radical (unpaired) electrons. The lowest BCUT2D eigenvalue weighted by molar-refractivity contribution is 0.318. The van der Waals surface area contributed by atoms with Crippen LogP contribution in [-0.2, 0) is 0 Å². The van der Waals surface area contributed by atoms with Crippen LogP contribution < -0.4 is 10.5 Å². The first kappa shape index (κ1) is 14.3. The normalized spacial score (nSPS) is 11.4. The van der Waals surface area contributed by atoms with E-state index in [1.54, 1.807) is 12.1 Å². The van der Waals surface area contributed by atoms with E-state index in [1.165, 1.54) is 0 Å². The second-order valence-corrected chi connectivity index (χ2v) is 5.22. The number of halogens is 1. The largest absolute Gasteiger partial charge is 0.438 e. The SMILES string of the molecule is Cc1ccc(/C(N)=N/O)c(Oc2cc(Br)ccc2C)n1. The molecule has 1 aromatic carbocycles. The van der Waals surface area contributed by atoms with Gasteiger partial charge in [-0.15, -0.1) is 0 Å². The molecule has 2 rings (SSSR count). The molecule has 104 valence electrons. The van der Waals surface area contributed by atoms with Crippen LogP contribution in [0.5, 0.6) is 11.6 Å². The monoisotopic (exact) mass is 335 g/mol. The van der Waals surface area contributed by atoms with E-state index >= 15 is 0 Å². The number of rotatable bonds is 3. The molecule has 0 spiro atoms. The van der Waals surface area contributed by atoms with E-state index in [0.717, 1.165) is 15.7 Å². The Bertz CT molecular complexity index is 671. The Balaban J connectivity index is 2.47. The van der Waals surface area contributed by atoms with Crippen molar-refractivity contribution < 1.29 is 9.94 Å². The zero-order chi connectivity index (χ0) is 14.7. The van der Waals surface area contributed by atoms with E-state index in [0.29, 0.717) is 17.2 Å². The predicted octanol–water partition coefficient (Wildman–Crippen LogP) is 3.35. The summed E-state index contributed by atoms with van der Waals surface area (Å²) in [7, 11) is 0. The van der Waals surface area contributed by atoms with Gasteiger partial charge in [0.2, 0.25) is 5.88 Å². The Morgan fingerprint density at radius 1 is 1.30 bits per heavy atom. The fraction of sp³-hybridized carbons (Fsp3) is 0.143. The van der Waals surface area contributed by atoms with Crippen molar-refractivity contribution in [2.45, 2.75) is 13.8 Å².